The van der Waals surface area contributed by atoms with Gasteiger partial charge in [-0.1, -0.05) is 12.1 Å². The number of alkyl halides is 1. The maximum absolute atomic E-state index is 13.3. The smallest absolute Gasteiger partial charge is 0.211 e. The van der Waals surface area contributed by atoms with Crippen LogP contribution in [0.2, 0.25) is 0 Å². The molecule has 0 saturated heterocycles. The summed E-state index contributed by atoms with van der Waals surface area (Å²) in [7, 11) is -3.31. The Morgan fingerprint density at radius 3 is 2.67 bits per heavy atom. The third kappa shape index (κ3) is 5.33. The molecule has 102 valence electrons. The van der Waals surface area contributed by atoms with Gasteiger partial charge in [-0.05, 0) is 37.0 Å². The lowest BCUT2D eigenvalue weighted by molar-refractivity contribution is 0.577. The molecule has 0 fully saturated rings. The van der Waals surface area contributed by atoms with E-state index in [-0.39, 0.29) is 18.1 Å². The summed E-state index contributed by atoms with van der Waals surface area (Å²) in [6.45, 7) is 1.77. The van der Waals surface area contributed by atoms with Crippen molar-refractivity contribution in [3.8, 4) is 0 Å². The lowest BCUT2D eigenvalue weighted by atomic mass is 10.1. The molecule has 1 aromatic rings. The van der Waals surface area contributed by atoms with E-state index in [1.807, 2.05) is 0 Å². The van der Waals surface area contributed by atoms with E-state index >= 15 is 0 Å². The second-order valence-electron chi connectivity index (χ2n) is 4.12. The van der Waals surface area contributed by atoms with Gasteiger partial charge in [-0.15, -0.1) is 11.6 Å². The number of halogens is 2. The molecule has 0 atom stereocenters. The second-order valence-corrected chi connectivity index (χ2v) is 6.42. The topological polar surface area (TPSA) is 46.2 Å². The van der Waals surface area contributed by atoms with Crippen LogP contribution in [0, 0.1) is 12.7 Å². The van der Waals surface area contributed by atoms with E-state index < -0.39 is 10.0 Å². The van der Waals surface area contributed by atoms with Gasteiger partial charge >= 0.3 is 0 Å². The van der Waals surface area contributed by atoms with Gasteiger partial charge in [-0.3, -0.25) is 0 Å². The molecule has 1 aromatic carbocycles. The minimum Gasteiger partial charge on any atom is -0.212 e. The van der Waals surface area contributed by atoms with Crippen molar-refractivity contribution in [1.82, 2.24) is 4.72 Å². The Bertz CT molecular complexity index is 491. The highest BCUT2D eigenvalue weighted by Gasteiger charge is 2.09. The monoisotopic (exact) mass is 293 g/mol. The van der Waals surface area contributed by atoms with Crippen molar-refractivity contribution >= 4 is 21.6 Å². The maximum Gasteiger partial charge on any atom is 0.211 e. The summed E-state index contributed by atoms with van der Waals surface area (Å²) in [6.07, 6.45) is 1.20. The predicted molar refractivity (Wildman–Crippen MR) is 71.7 cm³/mol. The zero-order valence-electron chi connectivity index (χ0n) is 10.2. The molecule has 0 spiro atoms. The summed E-state index contributed by atoms with van der Waals surface area (Å²) >= 11 is 5.48. The molecule has 0 aromatic heterocycles. The predicted octanol–water partition coefficient (Wildman–Crippen LogP) is 2.57. The van der Waals surface area contributed by atoms with Crippen LogP contribution in [0.15, 0.2) is 18.2 Å². The largest absolute Gasteiger partial charge is 0.212 e. The molecule has 0 saturated carbocycles. The Labute approximate surface area is 112 Å². The molecule has 0 bridgehead atoms. The first-order valence-electron chi connectivity index (χ1n) is 5.73. The van der Waals surface area contributed by atoms with Crippen molar-refractivity contribution < 1.29 is 12.8 Å². The van der Waals surface area contributed by atoms with E-state index in [1.54, 1.807) is 19.1 Å². The molecule has 1 N–H and O–H groups in total. The second kappa shape index (κ2) is 7.07. The van der Waals surface area contributed by atoms with Crippen molar-refractivity contribution in [2.45, 2.75) is 26.3 Å². The van der Waals surface area contributed by atoms with Crippen molar-refractivity contribution in [2.24, 2.45) is 0 Å². The third-order valence-electron chi connectivity index (χ3n) is 2.53. The van der Waals surface area contributed by atoms with Crippen LogP contribution in [0.3, 0.4) is 0 Å². The van der Waals surface area contributed by atoms with Gasteiger partial charge in [0.25, 0.3) is 0 Å². The molecule has 0 unspecified atom stereocenters. The normalized spacial score (nSPS) is 11.7. The molecule has 0 aliphatic heterocycles. The number of nitrogens with one attached hydrogen (secondary N) is 1. The summed E-state index contributed by atoms with van der Waals surface area (Å²) in [6, 6.07) is 4.68. The van der Waals surface area contributed by atoms with Crippen LogP contribution in [-0.4, -0.2) is 20.1 Å². The molecule has 0 aliphatic carbocycles. The molecule has 6 heteroatoms. The molecule has 18 heavy (non-hydrogen) atoms. The van der Waals surface area contributed by atoms with Crippen molar-refractivity contribution in [1.29, 1.82) is 0 Å². The molecular weight excluding hydrogens is 277 g/mol. The first-order chi connectivity index (χ1) is 8.44. The molecule has 0 amide bonds. The van der Waals surface area contributed by atoms with E-state index in [1.165, 1.54) is 6.07 Å². The first-order valence-corrected chi connectivity index (χ1v) is 7.91. The minimum atomic E-state index is -3.31. The number of hydrogen-bond acceptors (Lipinski definition) is 2. The van der Waals surface area contributed by atoms with E-state index in [0.717, 1.165) is 0 Å². The fourth-order valence-corrected chi connectivity index (χ4v) is 2.70. The van der Waals surface area contributed by atoms with Crippen molar-refractivity contribution in [3.05, 3.63) is 35.1 Å². The zero-order chi connectivity index (χ0) is 13.6. The minimum absolute atomic E-state index is 0.0497. The highest BCUT2D eigenvalue weighted by molar-refractivity contribution is 7.89. The molecule has 3 nitrogen and oxygen atoms in total. The summed E-state index contributed by atoms with van der Waals surface area (Å²) in [4.78, 5) is 0. The zero-order valence-corrected chi connectivity index (χ0v) is 11.8. The Kier molecular flexibility index (Phi) is 6.05. The number of rotatable bonds is 7. The summed E-state index contributed by atoms with van der Waals surface area (Å²) in [5.41, 5.74) is 1.16. The fourth-order valence-electron chi connectivity index (χ4n) is 1.40. The Hall–Kier alpha value is -0.650. The number of aryl methyl sites for hydroxylation is 1. The Balaban J connectivity index is 2.51. The van der Waals surface area contributed by atoms with Crippen molar-refractivity contribution in [2.75, 3.05) is 11.6 Å². The van der Waals surface area contributed by atoms with Crippen LogP contribution in [0.4, 0.5) is 4.39 Å². The average molecular weight is 294 g/mol. The van der Waals surface area contributed by atoms with E-state index in [4.69, 9.17) is 11.6 Å². The summed E-state index contributed by atoms with van der Waals surface area (Å²) < 4.78 is 38.9. The van der Waals surface area contributed by atoms with Gasteiger partial charge in [0, 0.05) is 12.4 Å². The molecule has 0 aliphatic rings. The number of benzene rings is 1. The van der Waals surface area contributed by atoms with E-state index in [9.17, 15) is 12.8 Å². The van der Waals surface area contributed by atoms with Gasteiger partial charge < -0.3 is 0 Å². The maximum atomic E-state index is 13.3. The van der Waals surface area contributed by atoms with Crippen LogP contribution in [0.25, 0.3) is 0 Å². The van der Waals surface area contributed by atoms with Gasteiger partial charge in [0.2, 0.25) is 10.0 Å². The first kappa shape index (κ1) is 15.4. The lowest BCUT2D eigenvalue weighted by Gasteiger charge is -2.07. The highest BCUT2D eigenvalue weighted by Crippen LogP contribution is 2.09. The van der Waals surface area contributed by atoms with Crippen molar-refractivity contribution in [3.63, 3.8) is 0 Å². The summed E-state index contributed by atoms with van der Waals surface area (Å²) in [5, 5.41) is 0. The SMILES string of the molecule is Cc1ccc(CNS(=O)(=O)CCCCCl)cc1F. The van der Waals surface area contributed by atoms with Crippen LogP contribution < -0.4 is 4.72 Å². The molecule has 0 radical (unpaired) electrons. The van der Waals surface area contributed by atoms with Gasteiger partial charge in [-0.2, -0.15) is 0 Å². The highest BCUT2D eigenvalue weighted by atomic mass is 35.5. The van der Waals surface area contributed by atoms with Gasteiger partial charge in [0.05, 0.1) is 5.75 Å². The fraction of sp³-hybridized carbons (Fsp3) is 0.500. The quantitative estimate of drug-likeness (QED) is 0.620. The Morgan fingerprint density at radius 1 is 1.33 bits per heavy atom. The van der Waals surface area contributed by atoms with Crippen LogP contribution >= 0.6 is 11.6 Å². The van der Waals surface area contributed by atoms with E-state index in [2.05, 4.69) is 4.72 Å². The number of unbranched alkanes of at least 4 members (excludes halogenated alkanes) is 1. The molecular formula is C12H17ClFNO2S. The van der Waals surface area contributed by atoms with Gasteiger partial charge in [-0.25, -0.2) is 17.5 Å². The van der Waals surface area contributed by atoms with E-state index in [0.29, 0.717) is 29.8 Å². The number of sulfonamides is 1. The average Bonchev–Trinajstić information content (AvgIpc) is 2.31. The standard InChI is InChI=1S/C12H17ClFNO2S/c1-10-4-5-11(8-12(10)14)9-15-18(16,17)7-3-2-6-13/h4-5,8,15H,2-3,6-7,9H2,1H3. The van der Waals surface area contributed by atoms with Crippen LogP contribution in [-0.2, 0) is 16.6 Å². The van der Waals surface area contributed by atoms with Crippen LogP contribution in [0.1, 0.15) is 24.0 Å². The lowest BCUT2D eigenvalue weighted by Crippen LogP contribution is -2.26. The molecule has 0 heterocycles. The molecule has 1 rings (SSSR count). The van der Waals surface area contributed by atoms with Crippen LogP contribution in [0.5, 0.6) is 0 Å². The summed E-state index contributed by atoms with van der Waals surface area (Å²) in [5.74, 6) is 0.182. The number of hydrogen-bond donors (Lipinski definition) is 1. The van der Waals surface area contributed by atoms with Gasteiger partial charge in [0.15, 0.2) is 0 Å². The van der Waals surface area contributed by atoms with Gasteiger partial charge in [0.1, 0.15) is 5.82 Å². The third-order valence-corrected chi connectivity index (χ3v) is 4.21. The Morgan fingerprint density at radius 2 is 2.06 bits per heavy atom.